The smallest absolute Gasteiger partial charge is 0.268 e. The highest BCUT2D eigenvalue weighted by Gasteiger charge is 2.36. The summed E-state index contributed by atoms with van der Waals surface area (Å²) in [5, 5.41) is 21.4. The fourth-order valence-corrected chi connectivity index (χ4v) is 4.36. The fourth-order valence-electron chi connectivity index (χ4n) is 4.36. The number of hydrogen-bond acceptors (Lipinski definition) is 5. The van der Waals surface area contributed by atoms with E-state index >= 15 is 0 Å². The maximum absolute atomic E-state index is 13.9. The summed E-state index contributed by atoms with van der Waals surface area (Å²) in [5.41, 5.74) is 0.903. The molecule has 2 aromatic rings. The number of anilines is 1. The molecule has 9 heteroatoms. The molecule has 2 unspecified atom stereocenters. The number of rotatable bonds is 7. The molecule has 168 valence electrons. The van der Waals surface area contributed by atoms with Crippen LogP contribution in [-0.2, 0) is 9.59 Å². The lowest BCUT2D eigenvalue weighted by atomic mass is 9.84. The summed E-state index contributed by atoms with van der Waals surface area (Å²) in [4.78, 5) is 25.3. The minimum Gasteiger partial charge on any atom is -0.394 e. The van der Waals surface area contributed by atoms with Crippen LogP contribution in [-0.4, -0.2) is 47.9 Å². The molecule has 2 aliphatic heterocycles. The van der Waals surface area contributed by atoms with E-state index in [2.05, 4.69) is 15.7 Å². The van der Waals surface area contributed by atoms with Crippen molar-refractivity contribution in [2.75, 3.05) is 18.2 Å². The van der Waals surface area contributed by atoms with Crippen LogP contribution in [0, 0.1) is 11.6 Å². The summed E-state index contributed by atoms with van der Waals surface area (Å²) in [6.07, 6.45) is 1.43. The van der Waals surface area contributed by atoms with Gasteiger partial charge in [-0.1, -0.05) is 18.2 Å². The van der Waals surface area contributed by atoms with Gasteiger partial charge in [0.05, 0.1) is 24.8 Å². The van der Waals surface area contributed by atoms with E-state index in [-0.39, 0.29) is 24.1 Å². The zero-order valence-corrected chi connectivity index (χ0v) is 17.3. The monoisotopic (exact) mass is 442 g/mol. The molecule has 0 spiro atoms. The molecule has 2 heterocycles. The van der Waals surface area contributed by atoms with E-state index < -0.39 is 36.1 Å². The highest BCUT2D eigenvalue weighted by molar-refractivity contribution is 6.44. The van der Waals surface area contributed by atoms with Crippen molar-refractivity contribution in [1.29, 1.82) is 0 Å². The summed E-state index contributed by atoms with van der Waals surface area (Å²) in [7, 11) is 0. The number of aliphatic hydroxyl groups is 1. The molecule has 1 saturated heterocycles. The van der Waals surface area contributed by atoms with E-state index in [1.807, 2.05) is 0 Å². The largest absolute Gasteiger partial charge is 0.394 e. The number of halogens is 2. The molecule has 0 saturated carbocycles. The van der Waals surface area contributed by atoms with Crippen LogP contribution in [0.4, 0.5) is 14.5 Å². The van der Waals surface area contributed by atoms with Crippen molar-refractivity contribution < 1.29 is 23.5 Å². The molecule has 7 nitrogen and oxygen atoms in total. The van der Waals surface area contributed by atoms with Crippen molar-refractivity contribution >= 4 is 23.2 Å². The average Bonchev–Trinajstić information content (AvgIpc) is 3.43. The summed E-state index contributed by atoms with van der Waals surface area (Å²) in [6, 6.07) is 10.9. The van der Waals surface area contributed by atoms with E-state index in [9.17, 15) is 23.5 Å². The SMILES string of the molecule is O=C(NC(CO)C(c1cc(F)cc(F)c1)[C@H]1CCCN1)C1=NN(c2ccccc2)C(=O)C1. The number of benzene rings is 2. The Morgan fingerprint density at radius 3 is 2.56 bits per heavy atom. The highest BCUT2D eigenvalue weighted by Crippen LogP contribution is 2.30. The summed E-state index contributed by atoms with van der Waals surface area (Å²) < 4.78 is 27.9. The lowest BCUT2D eigenvalue weighted by Crippen LogP contribution is -2.49. The predicted molar refractivity (Wildman–Crippen MR) is 115 cm³/mol. The number of amides is 2. The van der Waals surface area contributed by atoms with Crippen LogP contribution in [0.2, 0.25) is 0 Å². The molecule has 0 bridgehead atoms. The van der Waals surface area contributed by atoms with Crippen molar-refractivity contribution in [2.45, 2.75) is 37.3 Å². The Labute approximate surface area is 184 Å². The van der Waals surface area contributed by atoms with Gasteiger partial charge in [0.1, 0.15) is 17.3 Å². The first kappa shape index (κ1) is 22.0. The molecule has 3 N–H and O–H groups in total. The minimum absolute atomic E-state index is 0.0147. The van der Waals surface area contributed by atoms with Crippen LogP contribution in [0.5, 0.6) is 0 Å². The second kappa shape index (κ2) is 9.54. The maximum Gasteiger partial charge on any atom is 0.268 e. The van der Waals surface area contributed by atoms with Gasteiger partial charge >= 0.3 is 0 Å². The van der Waals surface area contributed by atoms with Gasteiger partial charge in [0, 0.05) is 18.0 Å². The third-order valence-electron chi connectivity index (χ3n) is 5.79. The molecule has 32 heavy (non-hydrogen) atoms. The Kier molecular flexibility index (Phi) is 6.57. The first-order chi connectivity index (χ1) is 15.5. The number of carbonyl (C=O) groups excluding carboxylic acids is 2. The van der Waals surface area contributed by atoms with Gasteiger partial charge in [0.15, 0.2) is 0 Å². The Morgan fingerprint density at radius 1 is 1.22 bits per heavy atom. The van der Waals surface area contributed by atoms with Crippen LogP contribution in [0.1, 0.15) is 30.7 Å². The number of aliphatic hydroxyl groups excluding tert-OH is 1. The molecule has 4 rings (SSSR count). The highest BCUT2D eigenvalue weighted by atomic mass is 19.1. The molecule has 3 atom stereocenters. The topological polar surface area (TPSA) is 94.0 Å². The van der Waals surface area contributed by atoms with E-state index in [1.165, 1.54) is 17.1 Å². The van der Waals surface area contributed by atoms with Crippen molar-refractivity contribution in [3.05, 3.63) is 65.7 Å². The summed E-state index contributed by atoms with van der Waals surface area (Å²) in [6.45, 7) is 0.286. The van der Waals surface area contributed by atoms with Crippen molar-refractivity contribution in [3.8, 4) is 0 Å². The second-order valence-electron chi connectivity index (χ2n) is 7.96. The normalized spacial score (nSPS) is 20.2. The zero-order valence-electron chi connectivity index (χ0n) is 17.3. The molecule has 2 aliphatic rings. The molecule has 2 aromatic carbocycles. The standard InChI is InChI=1S/C23H24F2N4O3/c24-15-9-14(10-16(25)11-15)22(18-7-4-8-26-18)20(13-30)27-23(32)19-12-21(31)29(28-19)17-5-2-1-3-6-17/h1-3,5-6,9-11,18,20,22,26,30H,4,7-8,12-13H2,(H,27,32)/t18-,20?,22?/m1/s1. The van der Waals surface area contributed by atoms with Gasteiger partial charge in [-0.2, -0.15) is 10.1 Å². The predicted octanol–water partition coefficient (Wildman–Crippen LogP) is 2.07. The number of nitrogens with zero attached hydrogens (tertiary/aromatic N) is 2. The number of carbonyl (C=O) groups is 2. The van der Waals surface area contributed by atoms with Crippen molar-refractivity contribution in [3.63, 3.8) is 0 Å². The fraction of sp³-hybridized carbons (Fsp3) is 0.348. The van der Waals surface area contributed by atoms with Crippen molar-refractivity contribution in [1.82, 2.24) is 10.6 Å². The molecule has 0 aliphatic carbocycles. The maximum atomic E-state index is 13.9. The number of hydrazone groups is 1. The third kappa shape index (κ3) is 4.68. The molecule has 2 amide bonds. The first-order valence-electron chi connectivity index (χ1n) is 10.5. The van der Waals surface area contributed by atoms with E-state index in [4.69, 9.17) is 0 Å². The van der Waals surface area contributed by atoms with Gasteiger partial charge in [0.2, 0.25) is 0 Å². The lowest BCUT2D eigenvalue weighted by molar-refractivity contribution is -0.118. The zero-order chi connectivity index (χ0) is 22.7. The van der Waals surface area contributed by atoms with E-state index in [1.54, 1.807) is 30.3 Å². The Morgan fingerprint density at radius 2 is 1.94 bits per heavy atom. The van der Waals surface area contributed by atoms with Gasteiger partial charge in [-0.25, -0.2) is 8.78 Å². The first-order valence-corrected chi connectivity index (χ1v) is 10.5. The summed E-state index contributed by atoms with van der Waals surface area (Å²) in [5.74, 6) is -2.97. The molecular formula is C23H24F2N4O3. The molecular weight excluding hydrogens is 418 g/mol. The summed E-state index contributed by atoms with van der Waals surface area (Å²) >= 11 is 0. The van der Waals surface area contributed by atoms with E-state index in [0.29, 0.717) is 11.3 Å². The minimum atomic E-state index is -0.831. The molecule has 1 fully saturated rings. The van der Waals surface area contributed by atoms with Gasteiger partial charge in [-0.05, 0) is 49.2 Å². The Bertz CT molecular complexity index is 1000. The van der Waals surface area contributed by atoms with Gasteiger partial charge < -0.3 is 15.7 Å². The third-order valence-corrected chi connectivity index (χ3v) is 5.79. The number of para-hydroxylation sites is 1. The van der Waals surface area contributed by atoms with E-state index in [0.717, 1.165) is 25.5 Å². The van der Waals surface area contributed by atoms with Crippen LogP contribution < -0.4 is 15.6 Å². The number of nitrogens with one attached hydrogen (secondary N) is 2. The van der Waals surface area contributed by atoms with Gasteiger partial charge in [0.25, 0.3) is 11.8 Å². The van der Waals surface area contributed by atoms with Crippen molar-refractivity contribution in [2.24, 2.45) is 5.10 Å². The molecule has 0 aromatic heterocycles. The number of hydrogen-bond donors (Lipinski definition) is 3. The lowest BCUT2D eigenvalue weighted by Gasteiger charge is -2.32. The van der Waals surface area contributed by atoms with Gasteiger partial charge in [-0.15, -0.1) is 0 Å². The Balaban J connectivity index is 1.57. The second-order valence-corrected chi connectivity index (χ2v) is 7.96. The average molecular weight is 442 g/mol. The Hall–Kier alpha value is -3.17. The van der Waals surface area contributed by atoms with Crippen LogP contribution in [0.3, 0.4) is 0 Å². The van der Waals surface area contributed by atoms with Crippen LogP contribution in [0.25, 0.3) is 0 Å². The van der Waals surface area contributed by atoms with Crippen LogP contribution in [0.15, 0.2) is 53.6 Å². The quantitative estimate of drug-likeness (QED) is 0.612. The van der Waals surface area contributed by atoms with Crippen LogP contribution >= 0.6 is 0 Å². The van der Waals surface area contributed by atoms with Gasteiger partial charge in [-0.3, -0.25) is 9.59 Å². The molecule has 0 radical (unpaired) electrons.